The van der Waals surface area contributed by atoms with Crippen molar-refractivity contribution in [3.05, 3.63) is 11.8 Å². The zero-order chi connectivity index (χ0) is 11.5. The highest BCUT2D eigenvalue weighted by Crippen LogP contribution is 2.28. The first kappa shape index (κ1) is 14.2. The fourth-order valence-electron chi connectivity index (χ4n) is 0.710. The summed E-state index contributed by atoms with van der Waals surface area (Å²) in [5, 5.41) is 0.716. The van der Waals surface area contributed by atoms with Gasteiger partial charge >= 0.3 is 0 Å². The van der Waals surface area contributed by atoms with Crippen LogP contribution in [0.2, 0.25) is 0 Å². The summed E-state index contributed by atoms with van der Waals surface area (Å²) >= 11 is 7.66. The maximum Gasteiger partial charge on any atom is 0.269 e. The molecule has 0 aromatic carbocycles. The summed E-state index contributed by atoms with van der Waals surface area (Å²) in [7, 11) is 1.60. The molecule has 0 heterocycles. The van der Waals surface area contributed by atoms with Crippen molar-refractivity contribution in [2.24, 2.45) is 11.3 Å². The van der Waals surface area contributed by atoms with Crippen molar-refractivity contribution in [3.8, 4) is 0 Å². The second-order valence-electron chi connectivity index (χ2n) is 4.20. The van der Waals surface area contributed by atoms with E-state index in [0.29, 0.717) is 5.70 Å². The largest absolute Gasteiger partial charge is 0.310 e. The summed E-state index contributed by atoms with van der Waals surface area (Å²) in [5.74, 6) is 5.49. The molecule has 1 unspecified atom stereocenters. The predicted molar refractivity (Wildman–Crippen MR) is 68.2 cm³/mol. The van der Waals surface area contributed by atoms with Crippen LogP contribution in [-0.4, -0.2) is 21.2 Å². The number of nitrogens with two attached hydrogens (primary N) is 1. The van der Waals surface area contributed by atoms with Gasteiger partial charge in [-0.1, -0.05) is 43.4 Å². The predicted octanol–water partition coefficient (Wildman–Crippen LogP) is 2.29. The fourth-order valence-corrected chi connectivity index (χ4v) is 1.25. The Morgan fingerprint density at radius 3 is 2.21 bits per heavy atom. The van der Waals surface area contributed by atoms with E-state index in [9.17, 15) is 4.79 Å². The van der Waals surface area contributed by atoms with Gasteiger partial charge in [0.15, 0.2) is 0 Å². The van der Waals surface area contributed by atoms with Crippen molar-refractivity contribution in [1.82, 2.24) is 5.01 Å². The third kappa shape index (κ3) is 4.61. The average molecular weight is 331 g/mol. The lowest BCUT2D eigenvalue weighted by atomic mass is 9.92. The van der Waals surface area contributed by atoms with Gasteiger partial charge in [-0.05, 0) is 23.1 Å². The highest BCUT2D eigenvalue weighted by atomic mass is 127. The summed E-state index contributed by atoms with van der Waals surface area (Å²) in [6, 6.07) is 0. The van der Waals surface area contributed by atoms with E-state index in [1.807, 2.05) is 0 Å². The smallest absolute Gasteiger partial charge is 0.269 e. The number of nitrogens with zero attached hydrogens (tertiary/aromatic N) is 1. The summed E-state index contributed by atoms with van der Waals surface area (Å²) in [5.41, 5.74) is 0.412. The number of likely N-dealkylation sites (N-methyl/N-ethyl adjacent to an activating group) is 1. The van der Waals surface area contributed by atoms with Gasteiger partial charge in [0.2, 0.25) is 0 Å². The van der Waals surface area contributed by atoms with Crippen molar-refractivity contribution >= 4 is 39.4 Å². The molecule has 0 aromatic heterocycles. The van der Waals surface area contributed by atoms with Crippen LogP contribution in [0, 0.1) is 5.41 Å². The normalized spacial score (nSPS) is 15.2. The lowest BCUT2D eigenvalue weighted by Gasteiger charge is -2.24. The van der Waals surface area contributed by atoms with E-state index < -0.39 is 5.24 Å². The molecule has 0 spiro atoms. The van der Waals surface area contributed by atoms with Crippen LogP contribution in [0.1, 0.15) is 20.8 Å². The molecule has 0 aromatic rings. The highest BCUT2D eigenvalue weighted by Gasteiger charge is 2.22. The Labute approximate surface area is 104 Å². The molecule has 82 valence electrons. The van der Waals surface area contributed by atoms with E-state index in [1.165, 1.54) is 5.01 Å². The van der Waals surface area contributed by atoms with Crippen LogP contribution in [0.5, 0.6) is 0 Å². The summed E-state index contributed by atoms with van der Waals surface area (Å²) < 4.78 is 0.198. The van der Waals surface area contributed by atoms with E-state index >= 15 is 0 Å². The molecule has 0 bridgehead atoms. The molecular formula is C9H16ClIN2O. The Morgan fingerprint density at radius 1 is 1.57 bits per heavy atom. The number of halogens is 2. The number of carbonyl (C=O) groups is 1. The molecular weight excluding hydrogens is 314 g/mol. The number of alkyl halides is 1. The number of allylic oxidation sites excluding steroid dienone is 2. The highest BCUT2D eigenvalue weighted by molar-refractivity contribution is 14.1. The van der Waals surface area contributed by atoms with Gasteiger partial charge in [0.25, 0.3) is 5.24 Å². The first-order valence-corrected chi connectivity index (χ1v) is 5.82. The van der Waals surface area contributed by atoms with Gasteiger partial charge < -0.3 is 5.01 Å². The first-order valence-electron chi connectivity index (χ1n) is 4.20. The molecule has 0 radical (unpaired) electrons. The van der Waals surface area contributed by atoms with Crippen molar-refractivity contribution in [2.75, 3.05) is 7.05 Å². The Balaban J connectivity index is 4.84. The molecule has 0 saturated heterocycles. The molecule has 3 nitrogen and oxygen atoms in total. The summed E-state index contributed by atoms with van der Waals surface area (Å²) in [6.45, 7) is 6.27. The third-order valence-electron chi connectivity index (χ3n) is 1.71. The minimum absolute atomic E-state index is 0.0775. The van der Waals surface area contributed by atoms with E-state index in [4.69, 9.17) is 17.4 Å². The molecule has 5 heteroatoms. The Hall–Kier alpha value is 0.190. The second-order valence-corrected chi connectivity index (χ2v) is 5.89. The van der Waals surface area contributed by atoms with E-state index in [1.54, 1.807) is 13.1 Å². The maximum atomic E-state index is 11.0. The van der Waals surface area contributed by atoms with Gasteiger partial charge in [-0.2, -0.15) is 0 Å². The van der Waals surface area contributed by atoms with Gasteiger partial charge in [-0.25, -0.2) is 5.84 Å². The van der Waals surface area contributed by atoms with Crippen molar-refractivity contribution in [2.45, 2.75) is 24.7 Å². The Morgan fingerprint density at radius 2 is 2.00 bits per heavy atom. The van der Waals surface area contributed by atoms with Gasteiger partial charge in [-0.3, -0.25) is 4.79 Å². The second kappa shape index (κ2) is 5.32. The van der Waals surface area contributed by atoms with Crippen molar-refractivity contribution in [3.63, 3.8) is 0 Å². The van der Waals surface area contributed by atoms with Crippen LogP contribution < -0.4 is 5.84 Å². The third-order valence-corrected chi connectivity index (χ3v) is 4.13. The van der Waals surface area contributed by atoms with Gasteiger partial charge in [0, 0.05) is 11.0 Å². The molecule has 0 saturated carbocycles. The average Bonchev–Trinajstić information content (AvgIpc) is 1.96. The summed E-state index contributed by atoms with van der Waals surface area (Å²) in [6.07, 6.45) is 1.79. The number of hydrazine groups is 1. The van der Waals surface area contributed by atoms with Gasteiger partial charge in [0.1, 0.15) is 5.70 Å². The Kier molecular flexibility index (Phi) is 5.39. The van der Waals surface area contributed by atoms with Crippen molar-refractivity contribution in [1.29, 1.82) is 0 Å². The van der Waals surface area contributed by atoms with E-state index in [0.717, 1.165) is 0 Å². The molecule has 2 N–H and O–H groups in total. The number of hydrogen-bond acceptors (Lipinski definition) is 3. The molecule has 1 atom stereocenters. The molecule has 14 heavy (non-hydrogen) atoms. The van der Waals surface area contributed by atoms with Crippen LogP contribution >= 0.6 is 34.2 Å². The number of carbonyl (C=O) groups excluding carboxylic acids is 1. The zero-order valence-electron chi connectivity index (χ0n) is 8.84. The molecule has 0 amide bonds. The SMILES string of the molecule is CN(N)/C(=C\C(I)C(C)(C)C)C(=O)Cl. The molecule has 0 fully saturated rings. The first-order chi connectivity index (χ1) is 6.16. The van der Waals surface area contributed by atoms with Crippen LogP contribution in [0.4, 0.5) is 0 Å². The number of hydrogen-bond donors (Lipinski definition) is 1. The Bertz CT molecular complexity index is 246. The fraction of sp³-hybridized carbons (Fsp3) is 0.667. The van der Waals surface area contributed by atoms with Crippen LogP contribution in [-0.2, 0) is 4.79 Å². The summed E-state index contributed by atoms with van der Waals surface area (Å²) in [4.78, 5) is 11.0. The zero-order valence-corrected chi connectivity index (χ0v) is 11.8. The lowest BCUT2D eigenvalue weighted by Crippen LogP contribution is -2.30. The molecule has 0 aliphatic heterocycles. The molecule has 0 aliphatic carbocycles. The molecule has 0 rings (SSSR count). The van der Waals surface area contributed by atoms with E-state index in [2.05, 4.69) is 43.4 Å². The topological polar surface area (TPSA) is 46.3 Å². The minimum Gasteiger partial charge on any atom is -0.310 e. The van der Waals surface area contributed by atoms with Crippen LogP contribution in [0.3, 0.4) is 0 Å². The standard InChI is InChI=1S/C9H16ClIN2O/c1-9(2,3)7(11)5-6(8(10)14)13(4)12/h5,7H,12H2,1-4H3/b6-5-. The monoisotopic (exact) mass is 330 g/mol. The van der Waals surface area contributed by atoms with Crippen LogP contribution in [0.15, 0.2) is 11.8 Å². The van der Waals surface area contributed by atoms with Crippen molar-refractivity contribution < 1.29 is 4.79 Å². The van der Waals surface area contributed by atoms with Gasteiger partial charge in [-0.15, -0.1) is 0 Å². The quantitative estimate of drug-likeness (QED) is 0.216. The van der Waals surface area contributed by atoms with E-state index in [-0.39, 0.29) is 9.34 Å². The van der Waals surface area contributed by atoms with Gasteiger partial charge in [0.05, 0.1) is 0 Å². The maximum absolute atomic E-state index is 11.0. The number of rotatable bonds is 3. The minimum atomic E-state index is -0.527. The van der Waals surface area contributed by atoms with Crippen LogP contribution in [0.25, 0.3) is 0 Å². The molecule has 0 aliphatic rings. The lowest BCUT2D eigenvalue weighted by molar-refractivity contribution is -0.109.